The summed E-state index contributed by atoms with van der Waals surface area (Å²) in [6.07, 6.45) is 5.41. The summed E-state index contributed by atoms with van der Waals surface area (Å²) in [4.78, 5) is 12.5. The third kappa shape index (κ3) is 4.64. The number of rotatable bonds is 7. The van der Waals surface area contributed by atoms with Crippen LogP contribution in [0, 0.1) is 17.8 Å². The molecule has 0 saturated heterocycles. The molecule has 2 aromatic rings. The molecule has 30 heavy (non-hydrogen) atoms. The van der Waals surface area contributed by atoms with Crippen LogP contribution >= 0.6 is 15.9 Å². The number of benzene rings is 2. The van der Waals surface area contributed by atoms with Gasteiger partial charge in [-0.15, -0.1) is 0 Å². The molecule has 0 radical (unpaired) electrons. The van der Waals surface area contributed by atoms with Crippen LogP contribution in [0.5, 0.6) is 5.75 Å². The molecule has 0 aromatic heterocycles. The van der Waals surface area contributed by atoms with Gasteiger partial charge in [-0.2, -0.15) is 0 Å². The van der Waals surface area contributed by atoms with Crippen LogP contribution in [0.1, 0.15) is 32.1 Å². The number of fused-ring (bicyclic) bond motifs is 2. The van der Waals surface area contributed by atoms with Gasteiger partial charge < -0.3 is 10.1 Å². The van der Waals surface area contributed by atoms with Gasteiger partial charge in [0.2, 0.25) is 5.91 Å². The Hall–Kier alpha value is -2.06. The molecule has 160 valence electrons. The molecule has 2 saturated carbocycles. The average Bonchev–Trinajstić information content (AvgIpc) is 3.32. The molecule has 1 amide bonds. The van der Waals surface area contributed by atoms with Crippen LogP contribution in [0.2, 0.25) is 0 Å². The topological polar surface area (TPSA) is 84.5 Å². The molecule has 6 nitrogen and oxygen atoms in total. The largest absolute Gasteiger partial charge is 0.495 e. The third-order valence-corrected chi connectivity index (χ3v) is 8.10. The van der Waals surface area contributed by atoms with Crippen molar-refractivity contribution in [1.82, 2.24) is 0 Å². The summed E-state index contributed by atoms with van der Waals surface area (Å²) in [5, 5.41) is 2.87. The van der Waals surface area contributed by atoms with Gasteiger partial charge in [0.25, 0.3) is 10.0 Å². The maximum absolute atomic E-state index is 13.0. The fourth-order valence-electron chi connectivity index (χ4n) is 4.77. The molecule has 2 aromatic carbocycles. The number of carbonyl (C=O) groups excluding carboxylic acids is 1. The zero-order valence-electron chi connectivity index (χ0n) is 16.7. The van der Waals surface area contributed by atoms with Crippen molar-refractivity contribution in [3.8, 4) is 5.75 Å². The number of carbonyl (C=O) groups is 1. The molecule has 2 bridgehead atoms. The lowest BCUT2D eigenvalue weighted by atomic mass is 9.86. The molecule has 0 heterocycles. The van der Waals surface area contributed by atoms with Crippen molar-refractivity contribution in [2.75, 3.05) is 17.1 Å². The van der Waals surface area contributed by atoms with Gasteiger partial charge in [-0.25, -0.2) is 8.42 Å². The Morgan fingerprint density at radius 2 is 1.83 bits per heavy atom. The predicted octanol–water partition coefficient (Wildman–Crippen LogP) is 5.02. The molecular formula is C22H25BrN2O4S. The number of ether oxygens (including phenoxy) is 1. The van der Waals surface area contributed by atoms with Gasteiger partial charge >= 0.3 is 0 Å². The first-order chi connectivity index (χ1) is 14.3. The lowest BCUT2D eigenvalue weighted by Gasteiger charge is -2.21. The molecule has 4 rings (SSSR count). The zero-order valence-corrected chi connectivity index (χ0v) is 19.1. The van der Waals surface area contributed by atoms with E-state index in [9.17, 15) is 13.2 Å². The summed E-state index contributed by atoms with van der Waals surface area (Å²) < 4.78 is 34.6. The number of hydrogen-bond donors (Lipinski definition) is 2. The van der Waals surface area contributed by atoms with Crippen molar-refractivity contribution in [2.24, 2.45) is 17.8 Å². The second-order valence-electron chi connectivity index (χ2n) is 8.17. The molecule has 2 aliphatic carbocycles. The molecular weight excluding hydrogens is 468 g/mol. The molecule has 3 unspecified atom stereocenters. The second-order valence-corrected chi connectivity index (χ2v) is 10.7. The van der Waals surface area contributed by atoms with Crippen molar-refractivity contribution < 1.29 is 17.9 Å². The SMILES string of the molecule is COc1ccc(NC(=O)CC2CC3CCC2C3)cc1S(=O)(=O)Nc1ccc(Br)cc1. The van der Waals surface area contributed by atoms with E-state index in [1.807, 2.05) is 0 Å². The highest BCUT2D eigenvalue weighted by Crippen LogP contribution is 2.49. The fraction of sp³-hybridized carbons (Fsp3) is 0.409. The highest BCUT2D eigenvalue weighted by Gasteiger charge is 2.40. The van der Waals surface area contributed by atoms with Gasteiger partial charge in [-0.1, -0.05) is 22.4 Å². The van der Waals surface area contributed by atoms with Crippen LogP contribution in [0.25, 0.3) is 0 Å². The molecule has 2 N–H and O–H groups in total. The number of amides is 1. The van der Waals surface area contributed by atoms with Gasteiger partial charge in [0.1, 0.15) is 10.6 Å². The van der Waals surface area contributed by atoms with E-state index in [0.717, 1.165) is 16.8 Å². The van der Waals surface area contributed by atoms with Gasteiger partial charge in [0.15, 0.2) is 0 Å². The van der Waals surface area contributed by atoms with Gasteiger partial charge in [-0.3, -0.25) is 9.52 Å². The molecule has 2 aliphatic rings. The van der Waals surface area contributed by atoms with E-state index in [0.29, 0.717) is 29.6 Å². The van der Waals surface area contributed by atoms with Crippen LogP contribution in [0.3, 0.4) is 0 Å². The number of halogens is 1. The van der Waals surface area contributed by atoms with Crippen LogP contribution in [-0.2, 0) is 14.8 Å². The minimum absolute atomic E-state index is 0.0226. The summed E-state index contributed by atoms with van der Waals surface area (Å²) in [5.74, 6) is 2.05. The summed E-state index contributed by atoms with van der Waals surface area (Å²) >= 11 is 3.33. The van der Waals surface area contributed by atoms with E-state index in [1.54, 1.807) is 36.4 Å². The smallest absolute Gasteiger partial charge is 0.265 e. The first kappa shape index (κ1) is 21.2. The Balaban J connectivity index is 1.49. The highest BCUT2D eigenvalue weighted by atomic mass is 79.9. The van der Waals surface area contributed by atoms with Gasteiger partial charge in [0, 0.05) is 22.3 Å². The van der Waals surface area contributed by atoms with Crippen molar-refractivity contribution in [2.45, 2.75) is 37.0 Å². The summed E-state index contributed by atoms with van der Waals surface area (Å²) in [7, 11) is -2.48. The maximum atomic E-state index is 13.0. The Morgan fingerprint density at radius 3 is 2.47 bits per heavy atom. The highest BCUT2D eigenvalue weighted by molar-refractivity contribution is 9.10. The summed E-state index contributed by atoms with van der Waals surface area (Å²) in [6, 6.07) is 11.5. The lowest BCUT2D eigenvalue weighted by molar-refractivity contribution is -0.117. The van der Waals surface area contributed by atoms with E-state index >= 15 is 0 Å². The van der Waals surface area contributed by atoms with Crippen LogP contribution in [-0.4, -0.2) is 21.4 Å². The Morgan fingerprint density at radius 1 is 1.10 bits per heavy atom. The van der Waals surface area contributed by atoms with Gasteiger partial charge in [-0.05, 0) is 79.5 Å². The monoisotopic (exact) mass is 492 g/mol. The standard InChI is InChI=1S/C22H25BrN2O4S/c1-29-20-9-8-19(24-22(26)12-16-11-14-2-3-15(16)10-14)13-21(20)30(27,28)25-18-6-4-17(23)5-7-18/h4-9,13-16,25H,2-3,10-12H2,1H3,(H,24,26). The second kappa shape index (κ2) is 8.59. The average molecular weight is 493 g/mol. The normalized spacial score (nSPS) is 22.7. The molecule has 3 atom stereocenters. The van der Waals surface area contributed by atoms with Crippen molar-refractivity contribution in [3.63, 3.8) is 0 Å². The summed E-state index contributed by atoms with van der Waals surface area (Å²) in [6.45, 7) is 0. The third-order valence-electron chi connectivity index (χ3n) is 6.17. The molecule has 2 fully saturated rings. The van der Waals surface area contributed by atoms with Crippen molar-refractivity contribution in [3.05, 3.63) is 46.9 Å². The number of sulfonamides is 1. The molecule has 0 spiro atoms. The minimum atomic E-state index is -3.90. The van der Waals surface area contributed by atoms with Crippen LogP contribution in [0.4, 0.5) is 11.4 Å². The summed E-state index contributed by atoms with van der Waals surface area (Å²) in [5.41, 5.74) is 0.881. The fourth-order valence-corrected chi connectivity index (χ4v) is 6.29. The van der Waals surface area contributed by atoms with E-state index < -0.39 is 10.0 Å². The van der Waals surface area contributed by atoms with Gasteiger partial charge in [0.05, 0.1) is 7.11 Å². The lowest BCUT2D eigenvalue weighted by Crippen LogP contribution is -2.20. The molecule has 0 aliphatic heterocycles. The first-order valence-electron chi connectivity index (χ1n) is 10.1. The van der Waals surface area contributed by atoms with E-state index in [1.165, 1.54) is 32.4 Å². The Kier molecular flexibility index (Phi) is 6.06. The number of methoxy groups -OCH3 is 1. The van der Waals surface area contributed by atoms with E-state index in [2.05, 4.69) is 26.0 Å². The van der Waals surface area contributed by atoms with Crippen molar-refractivity contribution in [1.29, 1.82) is 0 Å². The Bertz CT molecular complexity index is 1040. The Labute approximate surface area is 185 Å². The maximum Gasteiger partial charge on any atom is 0.265 e. The number of hydrogen-bond acceptors (Lipinski definition) is 4. The van der Waals surface area contributed by atoms with E-state index in [4.69, 9.17) is 4.74 Å². The van der Waals surface area contributed by atoms with E-state index in [-0.39, 0.29) is 16.6 Å². The van der Waals surface area contributed by atoms with Crippen molar-refractivity contribution >= 4 is 43.2 Å². The first-order valence-corrected chi connectivity index (χ1v) is 12.4. The minimum Gasteiger partial charge on any atom is -0.495 e. The van der Waals surface area contributed by atoms with Crippen LogP contribution in [0.15, 0.2) is 51.8 Å². The number of nitrogens with one attached hydrogen (secondary N) is 2. The molecule has 8 heteroatoms. The van der Waals surface area contributed by atoms with Crippen LogP contribution < -0.4 is 14.8 Å². The number of anilines is 2. The zero-order chi connectivity index (χ0) is 21.3. The quantitative estimate of drug-likeness (QED) is 0.567. The predicted molar refractivity (Wildman–Crippen MR) is 120 cm³/mol.